The highest BCUT2D eigenvalue weighted by molar-refractivity contribution is 6.30. The van der Waals surface area contributed by atoms with Crippen molar-refractivity contribution in [2.24, 2.45) is 0 Å². The SMILES string of the molecule is CCC[C@@H]1C(=O)N(Cc2ccc(Cl)cc2)CC(=O)N[C@@H](Cc2ccccc2)CC(=O)N(CCc2cccc(C(F)(F)F)c2)CC(=O)N1C. The maximum Gasteiger partial charge on any atom is 0.416 e. The van der Waals surface area contributed by atoms with Gasteiger partial charge in [-0.2, -0.15) is 13.2 Å². The summed E-state index contributed by atoms with van der Waals surface area (Å²) >= 11 is 6.07. The number of benzene rings is 3. The number of carbonyl (C=O) groups excluding carboxylic acids is 4. The van der Waals surface area contributed by atoms with Gasteiger partial charge in [0.25, 0.3) is 0 Å². The van der Waals surface area contributed by atoms with E-state index in [0.29, 0.717) is 29.8 Å². The van der Waals surface area contributed by atoms with Crippen LogP contribution in [-0.4, -0.2) is 77.1 Å². The standard InChI is InChI=1S/C36H40ClF3N4O4/c1-3-8-31-35(48)44(22-27-13-15-29(37)16-14-27)23-32(45)41-30(20-25-9-5-4-6-10-25)21-33(46)43(24-34(47)42(31)2)18-17-26-11-7-12-28(19-26)36(38,39)40/h4-7,9-16,19,30-31H,3,8,17-18,20-24H2,1-2H3,(H,41,45)/t30-,31+/m0/s1. The number of hydrogen-bond acceptors (Lipinski definition) is 4. The average molecular weight is 685 g/mol. The van der Waals surface area contributed by atoms with Crippen LogP contribution in [0.25, 0.3) is 0 Å². The fourth-order valence-electron chi connectivity index (χ4n) is 5.76. The minimum Gasteiger partial charge on any atom is -0.351 e. The van der Waals surface area contributed by atoms with Gasteiger partial charge >= 0.3 is 6.18 Å². The van der Waals surface area contributed by atoms with Crippen LogP contribution in [0.1, 0.15) is 48.4 Å². The van der Waals surface area contributed by atoms with Crippen molar-refractivity contribution in [3.63, 3.8) is 0 Å². The molecule has 1 aliphatic heterocycles. The number of halogens is 4. The molecule has 0 aliphatic carbocycles. The van der Waals surface area contributed by atoms with Gasteiger partial charge in [0.15, 0.2) is 0 Å². The third kappa shape index (κ3) is 10.3. The fraction of sp³-hybridized carbons (Fsp3) is 0.389. The molecule has 1 aliphatic rings. The molecule has 1 fully saturated rings. The Labute approximate surface area is 283 Å². The molecule has 0 bridgehead atoms. The molecule has 1 saturated heterocycles. The van der Waals surface area contributed by atoms with E-state index in [-0.39, 0.29) is 39.0 Å². The van der Waals surface area contributed by atoms with Crippen LogP contribution in [0, 0.1) is 0 Å². The summed E-state index contributed by atoms with van der Waals surface area (Å²) in [5.74, 6) is -1.83. The summed E-state index contributed by atoms with van der Waals surface area (Å²) < 4.78 is 40.1. The van der Waals surface area contributed by atoms with Crippen LogP contribution < -0.4 is 5.32 Å². The second-order valence-electron chi connectivity index (χ2n) is 12.1. The number of likely N-dealkylation sites (N-methyl/N-ethyl adjacent to an activating group) is 1. The van der Waals surface area contributed by atoms with Crippen molar-refractivity contribution in [1.29, 1.82) is 0 Å². The zero-order valence-corrected chi connectivity index (χ0v) is 27.8. The van der Waals surface area contributed by atoms with Gasteiger partial charge in [-0.1, -0.05) is 85.6 Å². The van der Waals surface area contributed by atoms with Gasteiger partial charge in [0.2, 0.25) is 23.6 Å². The van der Waals surface area contributed by atoms with Crippen molar-refractivity contribution in [2.45, 2.75) is 63.8 Å². The van der Waals surface area contributed by atoms with Gasteiger partial charge in [0, 0.05) is 37.6 Å². The van der Waals surface area contributed by atoms with Gasteiger partial charge < -0.3 is 20.0 Å². The molecule has 3 aromatic rings. The van der Waals surface area contributed by atoms with E-state index in [1.165, 1.54) is 33.9 Å². The van der Waals surface area contributed by atoms with Crippen LogP contribution in [-0.2, 0) is 44.7 Å². The predicted molar refractivity (Wildman–Crippen MR) is 177 cm³/mol. The lowest BCUT2D eigenvalue weighted by Gasteiger charge is -2.33. The van der Waals surface area contributed by atoms with E-state index in [9.17, 15) is 32.3 Å². The molecule has 1 heterocycles. The Bertz CT molecular complexity index is 1570. The van der Waals surface area contributed by atoms with Gasteiger partial charge in [-0.05, 0) is 54.2 Å². The molecule has 8 nitrogen and oxygen atoms in total. The molecule has 0 unspecified atom stereocenters. The van der Waals surface area contributed by atoms with Crippen molar-refractivity contribution < 1.29 is 32.3 Å². The van der Waals surface area contributed by atoms with E-state index in [2.05, 4.69) is 5.32 Å². The summed E-state index contributed by atoms with van der Waals surface area (Å²) in [6.07, 6.45) is -3.45. The number of carbonyl (C=O) groups is 4. The minimum absolute atomic E-state index is 0.0409. The van der Waals surface area contributed by atoms with Crippen molar-refractivity contribution in [2.75, 3.05) is 26.7 Å². The lowest BCUT2D eigenvalue weighted by atomic mass is 10.0. The summed E-state index contributed by atoms with van der Waals surface area (Å²) in [4.78, 5) is 59.3. The molecule has 0 aromatic heterocycles. The summed E-state index contributed by atoms with van der Waals surface area (Å²) in [6.45, 7) is 1.24. The first-order chi connectivity index (χ1) is 22.8. The minimum atomic E-state index is -4.53. The summed E-state index contributed by atoms with van der Waals surface area (Å²) in [5.41, 5.74) is 1.16. The van der Waals surface area contributed by atoms with Crippen LogP contribution in [0.2, 0.25) is 5.02 Å². The lowest BCUT2D eigenvalue weighted by Crippen LogP contribution is -2.53. The second kappa shape index (κ2) is 16.6. The fourth-order valence-corrected chi connectivity index (χ4v) is 5.88. The molecule has 48 heavy (non-hydrogen) atoms. The average Bonchev–Trinajstić information content (AvgIpc) is 3.05. The van der Waals surface area contributed by atoms with Crippen LogP contribution in [0.4, 0.5) is 13.2 Å². The van der Waals surface area contributed by atoms with Gasteiger partial charge in [0.05, 0.1) is 18.7 Å². The lowest BCUT2D eigenvalue weighted by molar-refractivity contribution is -0.148. The third-order valence-corrected chi connectivity index (χ3v) is 8.61. The molecule has 256 valence electrons. The van der Waals surface area contributed by atoms with E-state index in [4.69, 9.17) is 11.6 Å². The Hall–Kier alpha value is -4.38. The normalized spacial score (nSPS) is 18.7. The first-order valence-electron chi connectivity index (χ1n) is 15.9. The summed E-state index contributed by atoms with van der Waals surface area (Å²) in [6, 6.07) is 19.4. The maximum absolute atomic E-state index is 14.1. The Morgan fingerprint density at radius 2 is 1.52 bits per heavy atom. The van der Waals surface area contributed by atoms with Gasteiger partial charge in [-0.25, -0.2) is 0 Å². The van der Waals surface area contributed by atoms with Crippen LogP contribution >= 0.6 is 11.6 Å². The second-order valence-corrected chi connectivity index (χ2v) is 12.5. The van der Waals surface area contributed by atoms with Crippen LogP contribution in [0.15, 0.2) is 78.9 Å². The molecular weight excluding hydrogens is 645 g/mol. The number of nitrogens with one attached hydrogen (secondary N) is 1. The quantitative estimate of drug-likeness (QED) is 0.322. The van der Waals surface area contributed by atoms with E-state index in [1.54, 1.807) is 24.3 Å². The number of amides is 4. The van der Waals surface area contributed by atoms with Crippen molar-refractivity contribution in [3.8, 4) is 0 Å². The van der Waals surface area contributed by atoms with E-state index < -0.39 is 47.5 Å². The van der Waals surface area contributed by atoms with Crippen molar-refractivity contribution in [3.05, 3.63) is 106 Å². The maximum atomic E-state index is 14.1. The van der Waals surface area contributed by atoms with Gasteiger partial charge in [0.1, 0.15) is 6.04 Å². The number of hydrogen-bond donors (Lipinski definition) is 1. The highest BCUT2D eigenvalue weighted by Crippen LogP contribution is 2.29. The third-order valence-electron chi connectivity index (χ3n) is 8.36. The van der Waals surface area contributed by atoms with E-state index >= 15 is 0 Å². The molecule has 4 rings (SSSR count). The first-order valence-corrected chi connectivity index (χ1v) is 16.3. The van der Waals surface area contributed by atoms with Crippen molar-refractivity contribution >= 4 is 35.2 Å². The largest absolute Gasteiger partial charge is 0.416 e. The van der Waals surface area contributed by atoms with Gasteiger partial charge in [-0.15, -0.1) is 0 Å². The van der Waals surface area contributed by atoms with E-state index in [1.807, 2.05) is 37.3 Å². The summed E-state index contributed by atoms with van der Waals surface area (Å²) in [5, 5.41) is 3.46. The predicted octanol–water partition coefficient (Wildman–Crippen LogP) is 5.52. The topological polar surface area (TPSA) is 90.0 Å². The van der Waals surface area contributed by atoms with Crippen LogP contribution in [0.5, 0.6) is 0 Å². The zero-order chi connectivity index (χ0) is 34.8. The molecule has 1 N–H and O–H groups in total. The monoisotopic (exact) mass is 684 g/mol. The first kappa shape index (κ1) is 36.5. The highest BCUT2D eigenvalue weighted by atomic mass is 35.5. The smallest absolute Gasteiger partial charge is 0.351 e. The molecule has 0 radical (unpaired) electrons. The van der Waals surface area contributed by atoms with E-state index in [0.717, 1.165) is 23.3 Å². The number of rotatable bonds is 9. The number of alkyl halides is 3. The Balaban J connectivity index is 1.67. The van der Waals surface area contributed by atoms with Gasteiger partial charge in [-0.3, -0.25) is 19.2 Å². The van der Waals surface area contributed by atoms with Crippen LogP contribution in [0.3, 0.4) is 0 Å². The molecule has 12 heteroatoms. The molecule has 3 aromatic carbocycles. The summed E-state index contributed by atoms with van der Waals surface area (Å²) in [7, 11) is 1.49. The molecule has 4 amide bonds. The Kier molecular flexibility index (Phi) is 12.6. The molecule has 0 spiro atoms. The zero-order valence-electron chi connectivity index (χ0n) is 27.0. The molecule has 0 saturated carbocycles. The molecule has 2 atom stereocenters. The Morgan fingerprint density at radius 3 is 2.19 bits per heavy atom. The Morgan fingerprint density at radius 1 is 0.833 bits per heavy atom. The molecular formula is C36H40ClF3N4O4. The number of nitrogens with zero attached hydrogens (tertiary/aromatic N) is 3. The van der Waals surface area contributed by atoms with Crippen molar-refractivity contribution in [1.82, 2.24) is 20.0 Å². The highest BCUT2D eigenvalue weighted by Gasteiger charge is 2.34.